The molecule has 1 fully saturated rings. The molecule has 1 amide bonds. The Bertz CT molecular complexity index is 1220. The summed E-state index contributed by atoms with van der Waals surface area (Å²) >= 11 is 0. The average Bonchev–Trinajstić information content (AvgIpc) is 3.25. The molecule has 3 aromatic carbocycles. The van der Waals surface area contributed by atoms with Gasteiger partial charge in [0.15, 0.2) is 0 Å². The van der Waals surface area contributed by atoms with Gasteiger partial charge in [0.05, 0.1) is 24.0 Å². The highest BCUT2D eigenvalue weighted by Gasteiger charge is 2.16. The molecule has 0 unspecified atom stereocenters. The number of nitrogens with one attached hydrogen (secondary N) is 1. The fraction of sp³-hybridized carbons (Fsp3) is 0.333. The highest BCUT2D eigenvalue weighted by molar-refractivity contribution is 5.79. The van der Waals surface area contributed by atoms with E-state index in [-0.39, 0.29) is 5.91 Å². The molecule has 0 saturated heterocycles. The van der Waals surface area contributed by atoms with Crippen LogP contribution in [0.2, 0.25) is 0 Å². The van der Waals surface area contributed by atoms with Crippen molar-refractivity contribution in [1.82, 2.24) is 14.9 Å². The fourth-order valence-electron chi connectivity index (χ4n) is 5.17. The van der Waals surface area contributed by atoms with E-state index in [0.29, 0.717) is 13.0 Å². The lowest BCUT2D eigenvalue weighted by Crippen LogP contribution is -2.26. The topological polar surface area (TPSA) is 46.9 Å². The Balaban J connectivity index is 1.22. The van der Waals surface area contributed by atoms with Crippen molar-refractivity contribution in [2.45, 2.75) is 58.0 Å². The standard InChI is InChI=1S/C30H33N3O/c34-30(21-24-15-17-26(18-16-24)25-11-5-2-6-12-25)31-22-29-32-27-13-7-8-14-28(27)33(29)20-19-23-9-3-1-4-10-23/h2,5-8,11-18,23H,1,3-4,9-10,19-22H2,(H,31,34). The Morgan fingerprint density at radius 2 is 1.56 bits per heavy atom. The number of aromatic nitrogens is 2. The van der Waals surface area contributed by atoms with Crippen LogP contribution in [0.5, 0.6) is 0 Å². The number of para-hydroxylation sites is 2. The summed E-state index contributed by atoms with van der Waals surface area (Å²) in [6.07, 6.45) is 8.38. The molecule has 1 saturated carbocycles. The number of amides is 1. The van der Waals surface area contributed by atoms with Crippen molar-refractivity contribution < 1.29 is 4.79 Å². The van der Waals surface area contributed by atoms with E-state index in [9.17, 15) is 4.79 Å². The summed E-state index contributed by atoms with van der Waals surface area (Å²) in [7, 11) is 0. The van der Waals surface area contributed by atoms with Gasteiger partial charge in [-0.1, -0.05) is 98.8 Å². The van der Waals surface area contributed by atoms with Gasteiger partial charge in [-0.05, 0) is 41.2 Å². The first-order valence-corrected chi connectivity index (χ1v) is 12.6. The van der Waals surface area contributed by atoms with Crippen LogP contribution in [0.3, 0.4) is 0 Å². The molecule has 0 radical (unpaired) electrons. The van der Waals surface area contributed by atoms with Gasteiger partial charge >= 0.3 is 0 Å². The molecule has 4 nitrogen and oxygen atoms in total. The second kappa shape index (κ2) is 10.7. The Morgan fingerprint density at radius 3 is 2.35 bits per heavy atom. The Kier molecular flexibility index (Phi) is 7.04. The third kappa shape index (κ3) is 5.39. The molecule has 0 spiro atoms. The first-order valence-electron chi connectivity index (χ1n) is 12.6. The highest BCUT2D eigenvalue weighted by atomic mass is 16.1. The van der Waals surface area contributed by atoms with E-state index in [1.165, 1.54) is 49.6 Å². The second-order valence-electron chi connectivity index (χ2n) is 9.48. The van der Waals surface area contributed by atoms with Crippen LogP contribution in [0.25, 0.3) is 22.2 Å². The maximum absolute atomic E-state index is 12.7. The Morgan fingerprint density at radius 1 is 0.853 bits per heavy atom. The number of aryl methyl sites for hydroxylation is 1. The molecule has 5 rings (SSSR count). The lowest BCUT2D eigenvalue weighted by Gasteiger charge is -2.22. The smallest absolute Gasteiger partial charge is 0.224 e. The number of carbonyl (C=O) groups is 1. The number of rotatable bonds is 8. The van der Waals surface area contributed by atoms with Gasteiger partial charge in [0.1, 0.15) is 5.82 Å². The van der Waals surface area contributed by atoms with E-state index in [2.05, 4.69) is 52.3 Å². The predicted octanol–water partition coefficient (Wildman–Crippen LogP) is 6.53. The van der Waals surface area contributed by atoms with Crippen LogP contribution >= 0.6 is 0 Å². The quantitative estimate of drug-likeness (QED) is 0.331. The van der Waals surface area contributed by atoms with E-state index in [1.54, 1.807) is 0 Å². The van der Waals surface area contributed by atoms with Crippen LogP contribution in [0.4, 0.5) is 0 Å². The largest absolute Gasteiger partial charge is 0.349 e. The minimum absolute atomic E-state index is 0.0262. The van der Waals surface area contributed by atoms with E-state index < -0.39 is 0 Å². The zero-order chi connectivity index (χ0) is 23.2. The third-order valence-electron chi connectivity index (χ3n) is 7.09. The Labute approximate surface area is 202 Å². The molecule has 34 heavy (non-hydrogen) atoms. The maximum Gasteiger partial charge on any atom is 0.224 e. The molecular formula is C30H33N3O. The van der Waals surface area contributed by atoms with E-state index >= 15 is 0 Å². The number of fused-ring (bicyclic) bond motifs is 1. The third-order valence-corrected chi connectivity index (χ3v) is 7.09. The summed E-state index contributed by atoms with van der Waals surface area (Å²) in [5.74, 6) is 1.79. The van der Waals surface area contributed by atoms with Gasteiger partial charge in [0, 0.05) is 6.54 Å². The zero-order valence-electron chi connectivity index (χ0n) is 19.7. The first kappa shape index (κ1) is 22.4. The van der Waals surface area contributed by atoms with Gasteiger partial charge in [-0.2, -0.15) is 0 Å². The molecule has 1 aromatic heterocycles. The van der Waals surface area contributed by atoms with Crippen molar-refractivity contribution in [2.24, 2.45) is 5.92 Å². The van der Waals surface area contributed by atoms with E-state index in [1.807, 2.05) is 36.4 Å². The summed E-state index contributed by atoms with van der Waals surface area (Å²) in [6.45, 7) is 1.43. The van der Waals surface area contributed by atoms with Gasteiger partial charge in [-0.25, -0.2) is 4.98 Å². The minimum atomic E-state index is 0.0262. The van der Waals surface area contributed by atoms with Gasteiger partial charge in [0.2, 0.25) is 5.91 Å². The van der Waals surface area contributed by atoms with Crippen LogP contribution in [-0.4, -0.2) is 15.5 Å². The molecule has 1 N–H and O–H groups in total. The number of carbonyl (C=O) groups excluding carboxylic acids is 1. The molecule has 0 bridgehead atoms. The molecule has 4 aromatic rings. The SMILES string of the molecule is O=C(Cc1ccc(-c2ccccc2)cc1)NCc1nc2ccccc2n1CCC1CCCCC1. The zero-order valence-corrected chi connectivity index (χ0v) is 19.7. The lowest BCUT2D eigenvalue weighted by molar-refractivity contribution is -0.120. The first-order chi connectivity index (χ1) is 16.8. The lowest BCUT2D eigenvalue weighted by atomic mass is 9.87. The van der Waals surface area contributed by atoms with E-state index in [0.717, 1.165) is 34.9 Å². The average molecular weight is 452 g/mol. The van der Waals surface area contributed by atoms with Gasteiger partial charge < -0.3 is 9.88 Å². The summed E-state index contributed by atoms with van der Waals surface area (Å²) in [4.78, 5) is 17.6. The number of nitrogens with zero attached hydrogens (tertiary/aromatic N) is 2. The summed E-state index contributed by atoms with van der Waals surface area (Å²) in [5.41, 5.74) is 5.54. The monoisotopic (exact) mass is 451 g/mol. The molecule has 4 heteroatoms. The molecule has 0 aliphatic heterocycles. The highest BCUT2D eigenvalue weighted by Crippen LogP contribution is 2.28. The van der Waals surface area contributed by atoms with Gasteiger partial charge in [-0.3, -0.25) is 4.79 Å². The summed E-state index contributed by atoms with van der Waals surface area (Å²) in [5, 5.41) is 3.11. The van der Waals surface area contributed by atoms with Crippen LogP contribution in [0.15, 0.2) is 78.9 Å². The Hall–Kier alpha value is -3.40. The molecule has 1 heterocycles. The van der Waals surface area contributed by atoms with Gasteiger partial charge in [-0.15, -0.1) is 0 Å². The number of benzene rings is 3. The van der Waals surface area contributed by atoms with Crippen molar-refractivity contribution in [3.63, 3.8) is 0 Å². The van der Waals surface area contributed by atoms with Crippen LogP contribution in [0.1, 0.15) is 49.9 Å². The molecule has 1 aliphatic carbocycles. The molecular weight excluding hydrogens is 418 g/mol. The van der Waals surface area contributed by atoms with Crippen molar-refractivity contribution in [2.75, 3.05) is 0 Å². The number of imidazole rings is 1. The van der Waals surface area contributed by atoms with Crippen LogP contribution in [-0.2, 0) is 24.3 Å². The number of hydrogen-bond donors (Lipinski definition) is 1. The van der Waals surface area contributed by atoms with E-state index in [4.69, 9.17) is 4.98 Å². The van der Waals surface area contributed by atoms with Crippen molar-refractivity contribution in [3.8, 4) is 11.1 Å². The predicted molar refractivity (Wildman–Crippen MR) is 138 cm³/mol. The minimum Gasteiger partial charge on any atom is -0.349 e. The molecule has 174 valence electrons. The van der Waals surface area contributed by atoms with Crippen LogP contribution in [0, 0.1) is 5.92 Å². The maximum atomic E-state index is 12.7. The van der Waals surface area contributed by atoms with Gasteiger partial charge in [0.25, 0.3) is 0 Å². The summed E-state index contributed by atoms with van der Waals surface area (Å²) in [6, 6.07) is 26.9. The van der Waals surface area contributed by atoms with Crippen molar-refractivity contribution in [3.05, 3.63) is 90.3 Å². The van der Waals surface area contributed by atoms with Crippen LogP contribution < -0.4 is 5.32 Å². The van der Waals surface area contributed by atoms with Crippen molar-refractivity contribution in [1.29, 1.82) is 0 Å². The molecule has 1 aliphatic rings. The second-order valence-corrected chi connectivity index (χ2v) is 9.48. The summed E-state index contributed by atoms with van der Waals surface area (Å²) < 4.78 is 2.32. The normalized spacial score (nSPS) is 14.4. The fourth-order valence-corrected chi connectivity index (χ4v) is 5.17. The van der Waals surface area contributed by atoms with Crippen molar-refractivity contribution >= 4 is 16.9 Å². The molecule has 0 atom stereocenters. The number of hydrogen-bond acceptors (Lipinski definition) is 2.